The number of ether oxygens (including phenoxy) is 2. The molecule has 0 radical (unpaired) electrons. The van der Waals surface area contributed by atoms with Crippen LogP contribution in [0.15, 0.2) is 72.3 Å². The summed E-state index contributed by atoms with van der Waals surface area (Å²) in [4.78, 5) is 0. The Morgan fingerprint density at radius 3 is 2.24 bits per heavy atom. The summed E-state index contributed by atoms with van der Waals surface area (Å²) < 4.78 is 12.0. The largest absolute Gasteiger partial charge is 0.463 e. The second-order valence-electron chi connectivity index (χ2n) is 5.07. The van der Waals surface area contributed by atoms with E-state index in [4.69, 9.17) is 9.47 Å². The molecule has 0 saturated heterocycles. The van der Waals surface area contributed by atoms with Crippen LogP contribution in [0.25, 0.3) is 0 Å². The van der Waals surface area contributed by atoms with Crippen LogP contribution < -0.4 is 10.1 Å². The van der Waals surface area contributed by atoms with Gasteiger partial charge in [0.1, 0.15) is 5.75 Å². The van der Waals surface area contributed by atoms with E-state index in [9.17, 15) is 0 Å². The van der Waals surface area contributed by atoms with Crippen LogP contribution >= 0.6 is 0 Å². The molecular weight excluding hydrogens is 262 g/mol. The molecule has 1 atom stereocenters. The first-order chi connectivity index (χ1) is 10.2. The zero-order valence-corrected chi connectivity index (χ0v) is 12.3. The smallest absolute Gasteiger partial charge is 0.234 e. The fourth-order valence-electron chi connectivity index (χ4n) is 2.51. The van der Waals surface area contributed by atoms with E-state index in [1.165, 1.54) is 0 Å². The van der Waals surface area contributed by atoms with Gasteiger partial charge in [0.05, 0.1) is 0 Å². The number of allylic oxidation sites excluding steroid dienone is 1. The van der Waals surface area contributed by atoms with Crippen molar-refractivity contribution in [3.8, 4) is 5.75 Å². The summed E-state index contributed by atoms with van der Waals surface area (Å²) in [5.74, 6) is 2.24. The molecule has 2 aromatic rings. The van der Waals surface area contributed by atoms with Gasteiger partial charge in [-0.2, -0.15) is 0 Å². The molecule has 0 fully saturated rings. The Labute approximate surface area is 125 Å². The van der Waals surface area contributed by atoms with Crippen LogP contribution in [-0.4, -0.2) is 0 Å². The summed E-state index contributed by atoms with van der Waals surface area (Å²) in [5, 5.41) is 3.40. The summed E-state index contributed by atoms with van der Waals surface area (Å²) in [5.41, 5.74) is 0.550. The van der Waals surface area contributed by atoms with E-state index in [0.717, 1.165) is 23.5 Å². The van der Waals surface area contributed by atoms with Crippen molar-refractivity contribution in [1.82, 2.24) is 5.32 Å². The van der Waals surface area contributed by atoms with Crippen molar-refractivity contribution in [2.24, 2.45) is 0 Å². The van der Waals surface area contributed by atoms with Gasteiger partial charge in [-0.1, -0.05) is 55.5 Å². The van der Waals surface area contributed by atoms with Gasteiger partial charge in [-0.3, -0.25) is 0 Å². The highest BCUT2D eigenvalue weighted by Crippen LogP contribution is 2.36. The lowest BCUT2D eigenvalue weighted by atomic mass is 10.0. The third-order valence-electron chi connectivity index (χ3n) is 3.66. The number of nitrogens with one attached hydrogen (secondary N) is 1. The molecule has 1 aliphatic rings. The van der Waals surface area contributed by atoms with Crippen LogP contribution in [0.2, 0.25) is 0 Å². The van der Waals surface area contributed by atoms with Gasteiger partial charge in [0.15, 0.2) is 5.76 Å². The molecule has 21 heavy (non-hydrogen) atoms. The Balaban J connectivity index is 1.84. The Bertz CT molecular complexity index is 637. The summed E-state index contributed by atoms with van der Waals surface area (Å²) in [6.07, 6.45) is 0.802. The van der Waals surface area contributed by atoms with Gasteiger partial charge in [-0.15, -0.1) is 0 Å². The third-order valence-corrected chi connectivity index (χ3v) is 3.66. The van der Waals surface area contributed by atoms with Crippen molar-refractivity contribution in [1.29, 1.82) is 0 Å². The molecule has 2 aromatic carbocycles. The van der Waals surface area contributed by atoms with E-state index in [1.54, 1.807) is 0 Å². The van der Waals surface area contributed by atoms with Crippen molar-refractivity contribution in [2.45, 2.75) is 26.0 Å². The Morgan fingerprint density at radius 1 is 1.00 bits per heavy atom. The van der Waals surface area contributed by atoms with Crippen molar-refractivity contribution >= 4 is 0 Å². The summed E-state index contributed by atoms with van der Waals surface area (Å²) in [7, 11) is 0. The van der Waals surface area contributed by atoms with Gasteiger partial charge < -0.3 is 14.8 Å². The molecule has 0 aromatic heterocycles. The van der Waals surface area contributed by atoms with Gasteiger partial charge >= 0.3 is 0 Å². The highest BCUT2D eigenvalue weighted by molar-refractivity contribution is 5.29. The van der Waals surface area contributed by atoms with Gasteiger partial charge in [-0.25, -0.2) is 0 Å². The van der Waals surface area contributed by atoms with Crippen molar-refractivity contribution in [2.75, 3.05) is 0 Å². The van der Waals surface area contributed by atoms with E-state index >= 15 is 0 Å². The summed E-state index contributed by atoms with van der Waals surface area (Å²) in [6, 6.07) is 19.9. The molecule has 0 bridgehead atoms. The number of para-hydroxylation sites is 1. The molecule has 1 N–H and O–H groups in total. The Kier molecular flexibility index (Phi) is 3.57. The van der Waals surface area contributed by atoms with Crippen molar-refractivity contribution in [3.63, 3.8) is 0 Å². The second-order valence-corrected chi connectivity index (χ2v) is 5.07. The number of benzene rings is 2. The third kappa shape index (κ3) is 2.59. The summed E-state index contributed by atoms with van der Waals surface area (Å²) in [6.45, 7) is 4.02. The Hall–Kier alpha value is -2.42. The van der Waals surface area contributed by atoms with E-state index in [0.29, 0.717) is 5.88 Å². The molecule has 3 rings (SSSR count). The highest BCUT2D eigenvalue weighted by atomic mass is 16.6. The molecule has 108 valence electrons. The number of hydrogen-bond acceptors (Lipinski definition) is 3. The van der Waals surface area contributed by atoms with Crippen LogP contribution in [0, 0.1) is 0 Å². The fraction of sp³-hybridized carbons (Fsp3) is 0.222. The normalized spacial score (nSPS) is 20.9. The zero-order valence-electron chi connectivity index (χ0n) is 12.3. The average molecular weight is 281 g/mol. The summed E-state index contributed by atoms with van der Waals surface area (Å²) >= 11 is 0. The van der Waals surface area contributed by atoms with Crippen LogP contribution in [0.3, 0.4) is 0 Å². The van der Waals surface area contributed by atoms with E-state index < -0.39 is 5.72 Å². The molecule has 0 amide bonds. The predicted octanol–water partition coefficient (Wildman–Crippen LogP) is 4.14. The van der Waals surface area contributed by atoms with Gasteiger partial charge in [0, 0.05) is 12.0 Å². The molecule has 3 heteroatoms. The number of rotatable bonds is 4. The lowest BCUT2D eigenvalue weighted by Gasteiger charge is -2.29. The highest BCUT2D eigenvalue weighted by Gasteiger charge is 2.40. The maximum Gasteiger partial charge on any atom is 0.234 e. The average Bonchev–Trinajstić information content (AvgIpc) is 2.87. The topological polar surface area (TPSA) is 30.5 Å². The van der Waals surface area contributed by atoms with E-state index in [-0.39, 0.29) is 0 Å². The molecule has 1 heterocycles. The monoisotopic (exact) mass is 281 g/mol. The van der Waals surface area contributed by atoms with Crippen LogP contribution in [0.5, 0.6) is 5.75 Å². The molecular formula is C18H19NO2. The maximum atomic E-state index is 6.11. The standard InChI is InChI=1S/C18H19NO2/c1-3-18(15-10-6-4-7-11-15)19-17(14(2)21-18)20-16-12-8-5-9-13-16/h4-13,19H,3H2,1-2H3. The number of hydrogen-bond donors (Lipinski definition) is 1. The molecule has 3 nitrogen and oxygen atoms in total. The lowest BCUT2D eigenvalue weighted by molar-refractivity contribution is -0.00134. The molecule has 1 aliphatic heterocycles. The first kappa shape index (κ1) is 13.6. The lowest BCUT2D eigenvalue weighted by Crippen LogP contribution is -2.39. The van der Waals surface area contributed by atoms with Crippen LogP contribution in [0.4, 0.5) is 0 Å². The first-order valence-electron chi connectivity index (χ1n) is 7.20. The first-order valence-corrected chi connectivity index (χ1v) is 7.20. The quantitative estimate of drug-likeness (QED) is 0.913. The maximum absolute atomic E-state index is 6.11. The molecule has 1 unspecified atom stereocenters. The van der Waals surface area contributed by atoms with E-state index in [2.05, 4.69) is 24.4 Å². The minimum absolute atomic E-state index is 0.546. The minimum Gasteiger partial charge on any atom is -0.463 e. The van der Waals surface area contributed by atoms with Crippen molar-refractivity contribution in [3.05, 3.63) is 77.9 Å². The van der Waals surface area contributed by atoms with E-state index in [1.807, 2.05) is 55.5 Å². The van der Waals surface area contributed by atoms with Gasteiger partial charge in [0.25, 0.3) is 0 Å². The molecule has 0 saturated carbocycles. The fourth-order valence-corrected chi connectivity index (χ4v) is 2.51. The zero-order chi connectivity index (χ0) is 14.7. The second kappa shape index (κ2) is 5.52. The SMILES string of the molecule is CCC1(c2ccccc2)NC(Oc2ccccc2)=C(C)O1. The van der Waals surface area contributed by atoms with Gasteiger partial charge in [-0.05, 0) is 19.1 Å². The molecule has 0 aliphatic carbocycles. The predicted molar refractivity (Wildman–Crippen MR) is 82.4 cm³/mol. The Morgan fingerprint density at radius 2 is 1.62 bits per heavy atom. The van der Waals surface area contributed by atoms with Crippen LogP contribution in [0.1, 0.15) is 25.8 Å². The van der Waals surface area contributed by atoms with Crippen molar-refractivity contribution < 1.29 is 9.47 Å². The van der Waals surface area contributed by atoms with Crippen LogP contribution in [-0.2, 0) is 10.5 Å². The van der Waals surface area contributed by atoms with Gasteiger partial charge in [0.2, 0.25) is 11.6 Å². The molecule has 0 spiro atoms. The minimum atomic E-state index is -0.546.